The average Bonchev–Trinajstić information content (AvgIpc) is 2.34. The number of anilines is 1. The molecule has 0 heterocycles. The largest absolute Gasteiger partial charge is 0.338 e. The van der Waals surface area contributed by atoms with Crippen LogP contribution in [0.15, 0.2) is 29.2 Å². The lowest BCUT2D eigenvalue weighted by Crippen LogP contribution is -2.40. The smallest absolute Gasteiger partial charge is 0.319 e. The zero-order valence-corrected chi connectivity index (χ0v) is 14.5. The van der Waals surface area contributed by atoms with Gasteiger partial charge < -0.3 is 10.6 Å². The van der Waals surface area contributed by atoms with Gasteiger partial charge in [-0.05, 0) is 51.0 Å². The predicted octanol–water partition coefficient (Wildman–Crippen LogP) is 2.54. The molecule has 1 rings (SSSR count). The Labute approximate surface area is 132 Å². The lowest BCUT2D eigenvalue weighted by atomic mass is 10.1. The summed E-state index contributed by atoms with van der Waals surface area (Å²) >= 11 is 0. The van der Waals surface area contributed by atoms with Crippen molar-refractivity contribution in [1.82, 2.24) is 10.0 Å². The van der Waals surface area contributed by atoms with Crippen molar-refractivity contribution in [3.8, 4) is 0 Å². The van der Waals surface area contributed by atoms with Gasteiger partial charge in [-0.15, -0.1) is 0 Å². The molecule has 0 saturated carbocycles. The van der Waals surface area contributed by atoms with Crippen LogP contribution in [-0.2, 0) is 10.0 Å². The Bertz CT molecular complexity index is 602. The van der Waals surface area contributed by atoms with Gasteiger partial charge in [-0.2, -0.15) is 0 Å². The van der Waals surface area contributed by atoms with Crippen LogP contribution in [0.25, 0.3) is 0 Å². The summed E-state index contributed by atoms with van der Waals surface area (Å²) in [4.78, 5) is 11.8. The van der Waals surface area contributed by atoms with Gasteiger partial charge in [0.15, 0.2) is 0 Å². The van der Waals surface area contributed by atoms with E-state index in [4.69, 9.17) is 0 Å². The third-order valence-electron chi connectivity index (χ3n) is 2.53. The number of sulfonamides is 1. The molecule has 7 heteroatoms. The summed E-state index contributed by atoms with van der Waals surface area (Å²) in [5, 5.41) is 5.38. The number of hydrogen-bond acceptors (Lipinski definition) is 3. The molecular weight excluding hydrogens is 302 g/mol. The molecule has 0 spiro atoms. The van der Waals surface area contributed by atoms with Crippen LogP contribution < -0.4 is 15.4 Å². The normalized spacial score (nSPS) is 12.3. The van der Waals surface area contributed by atoms with Crippen LogP contribution in [0.2, 0.25) is 0 Å². The highest BCUT2D eigenvalue weighted by atomic mass is 32.2. The van der Waals surface area contributed by atoms with Crippen molar-refractivity contribution in [2.75, 3.05) is 11.9 Å². The molecule has 0 fully saturated rings. The third-order valence-corrected chi connectivity index (χ3v) is 4.31. The maximum Gasteiger partial charge on any atom is 0.319 e. The Balaban J connectivity index is 2.73. The van der Waals surface area contributed by atoms with E-state index in [-0.39, 0.29) is 10.9 Å². The summed E-state index contributed by atoms with van der Waals surface area (Å²) in [6.07, 6.45) is 0. The Kier molecular flexibility index (Phi) is 5.96. The molecule has 6 nitrogen and oxygen atoms in total. The SMILES string of the molecule is CC(C)CNC(=O)Nc1ccc(S(=O)(=O)NC(C)(C)C)cc1. The van der Waals surface area contributed by atoms with Crippen molar-refractivity contribution in [1.29, 1.82) is 0 Å². The summed E-state index contributed by atoms with van der Waals surface area (Å²) in [6, 6.07) is 5.74. The van der Waals surface area contributed by atoms with Gasteiger partial charge in [-0.25, -0.2) is 17.9 Å². The maximum atomic E-state index is 12.1. The highest BCUT2D eigenvalue weighted by molar-refractivity contribution is 7.89. The van der Waals surface area contributed by atoms with Gasteiger partial charge in [0, 0.05) is 17.8 Å². The quantitative estimate of drug-likeness (QED) is 0.776. The minimum atomic E-state index is -3.56. The van der Waals surface area contributed by atoms with Crippen LogP contribution in [0.1, 0.15) is 34.6 Å². The number of carbonyl (C=O) groups is 1. The molecule has 0 unspecified atom stereocenters. The molecule has 0 aliphatic carbocycles. The fourth-order valence-corrected chi connectivity index (χ4v) is 3.07. The molecule has 0 saturated heterocycles. The number of rotatable bonds is 5. The number of carbonyl (C=O) groups excluding carboxylic acids is 1. The first-order valence-corrected chi connectivity index (χ1v) is 8.67. The Morgan fingerprint density at radius 2 is 1.68 bits per heavy atom. The number of urea groups is 1. The van der Waals surface area contributed by atoms with Crippen LogP contribution >= 0.6 is 0 Å². The molecule has 0 aromatic heterocycles. The van der Waals surface area contributed by atoms with Crippen molar-refractivity contribution in [3.05, 3.63) is 24.3 Å². The van der Waals surface area contributed by atoms with Crippen molar-refractivity contribution in [3.63, 3.8) is 0 Å². The zero-order chi connectivity index (χ0) is 17.0. The highest BCUT2D eigenvalue weighted by Crippen LogP contribution is 2.16. The second-order valence-electron chi connectivity index (χ2n) is 6.61. The highest BCUT2D eigenvalue weighted by Gasteiger charge is 2.21. The van der Waals surface area contributed by atoms with Crippen LogP contribution in [0.5, 0.6) is 0 Å². The Morgan fingerprint density at radius 1 is 1.14 bits per heavy atom. The molecule has 3 N–H and O–H groups in total. The van der Waals surface area contributed by atoms with E-state index in [1.165, 1.54) is 12.1 Å². The zero-order valence-electron chi connectivity index (χ0n) is 13.7. The summed E-state index contributed by atoms with van der Waals surface area (Å²) in [5.41, 5.74) is -0.0112. The van der Waals surface area contributed by atoms with Crippen molar-refractivity contribution >= 4 is 21.7 Å². The lowest BCUT2D eigenvalue weighted by Gasteiger charge is -2.20. The number of amides is 2. The molecule has 0 bridgehead atoms. The van der Waals surface area contributed by atoms with Crippen LogP contribution in [0, 0.1) is 5.92 Å². The molecule has 1 aromatic rings. The van der Waals surface area contributed by atoms with E-state index in [0.717, 1.165) is 0 Å². The third kappa shape index (κ3) is 6.44. The second kappa shape index (κ2) is 7.11. The van der Waals surface area contributed by atoms with Gasteiger partial charge in [-0.3, -0.25) is 0 Å². The van der Waals surface area contributed by atoms with E-state index >= 15 is 0 Å². The number of benzene rings is 1. The van der Waals surface area contributed by atoms with E-state index in [0.29, 0.717) is 18.2 Å². The molecule has 0 atom stereocenters. The van der Waals surface area contributed by atoms with Crippen LogP contribution in [0.3, 0.4) is 0 Å². The van der Waals surface area contributed by atoms with E-state index in [2.05, 4.69) is 15.4 Å². The van der Waals surface area contributed by atoms with Crippen LogP contribution in [-0.4, -0.2) is 26.5 Å². The van der Waals surface area contributed by atoms with E-state index in [9.17, 15) is 13.2 Å². The maximum absolute atomic E-state index is 12.1. The lowest BCUT2D eigenvalue weighted by molar-refractivity contribution is 0.251. The molecule has 2 amide bonds. The van der Waals surface area contributed by atoms with Gasteiger partial charge >= 0.3 is 6.03 Å². The van der Waals surface area contributed by atoms with Crippen molar-refractivity contribution < 1.29 is 13.2 Å². The fourth-order valence-electron chi connectivity index (χ4n) is 1.65. The summed E-state index contributed by atoms with van der Waals surface area (Å²) in [6.45, 7) is 9.91. The summed E-state index contributed by atoms with van der Waals surface area (Å²) < 4.78 is 26.9. The van der Waals surface area contributed by atoms with E-state index in [1.54, 1.807) is 32.9 Å². The molecular formula is C15H25N3O3S. The topological polar surface area (TPSA) is 87.3 Å². The van der Waals surface area contributed by atoms with E-state index in [1.807, 2.05) is 13.8 Å². The standard InChI is InChI=1S/C15H25N3O3S/c1-11(2)10-16-14(19)17-12-6-8-13(9-7-12)22(20,21)18-15(3,4)5/h6-9,11,18H,10H2,1-5H3,(H2,16,17,19). The first kappa shape index (κ1) is 18.4. The Hall–Kier alpha value is -1.60. The first-order valence-electron chi connectivity index (χ1n) is 7.18. The summed E-state index contributed by atoms with van der Waals surface area (Å²) in [5.74, 6) is 0.363. The Morgan fingerprint density at radius 3 is 2.14 bits per heavy atom. The molecule has 0 radical (unpaired) electrons. The van der Waals surface area contributed by atoms with Crippen molar-refractivity contribution in [2.45, 2.75) is 45.1 Å². The first-order chi connectivity index (χ1) is 9.99. The minimum Gasteiger partial charge on any atom is -0.338 e. The monoisotopic (exact) mass is 327 g/mol. The molecule has 0 aliphatic rings. The molecule has 22 heavy (non-hydrogen) atoms. The second-order valence-corrected chi connectivity index (χ2v) is 8.29. The number of hydrogen-bond donors (Lipinski definition) is 3. The molecule has 1 aromatic carbocycles. The van der Waals surface area contributed by atoms with Crippen LogP contribution in [0.4, 0.5) is 10.5 Å². The average molecular weight is 327 g/mol. The molecule has 124 valence electrons. The predicted molar refractivity (Wildman–Crippen MR) is 88.4 cm³/mol. The van der Waals surface area contributed by atoms with Gasteiger partial charge in [0.05, 0.1) is 4.90 Å². The van der Waals surface area contributed by atoms with Gasteiger partial charge in [0.1, 0.15) is 0 Å². The van der Waals surface area contributed by atoms with Crippen molar-refractivity contribution in [2.24, 2.45) is 5.92 Å². The minimum absolute atomic E-state index is 0.163. The summed E-state index contributed by atoms with van der Waals surface area (Å²) in [7, 11) is -3.56. The molecule has 0 aliphatic heterocycles. The van der Waals surface area contributed by atoms with Gasteiger partial charge in [0.25, 0.3) is 0 Å². The van der Waals surface area contributed by atoms with Gasteiger partial charge in [-0.1, -0.05) is 13.8 Å². The van der Waals surface area contributed by atoms with Gasteiger partial charge in [0.2, 0.25) is 10.0 Å². The fraction of sp³-hybridized carbons (Fsp3) is 0.533. The number of nitrogens with one attached hydrogen (secondary N) is 3. The van der Waals surface area contributed by atoms with E-state index < -0.39 is 15.6 Å².